The maximum atomic E-state index is 12.9. The number of aromatic nitrogens is 2. The number of benzene rings is 1. The highest BCUT2D eigenvalue weighted by molar-refractivity contribution is 5.91. The lowest BCUT2D eigenvalue weighted by Crippen LogP contribution is -2.47. The minimum Gasteiger partial charge on any atom is -0.370 e. The van der Waals surface area contributed by atoms with Crippen molar-refractivity contribution in [1.29, 1.82) is 0 Å². The number of nitrogens with one attached hydrogen (secondary N) is 3. The molecule has 4 aliphatic rings. The standard InChI is InChI=1S/C25H33N5O/c1-3-26-22-11-23(28-16(2)27-22)29-20-4-6-21(7-5-20)30-24(31)15-25-12-17-8-18(13-25)10-19(9-17)14-25/h4-7,11,17-19H,3,8-10,12-15H2,1-2H3,(H,30,31)(H2,26,27,28,29). The van der Waals surface area contributed by atoms with E-state index in [1.807, 2.05) is 44.2 Å². The van der Waals surface area contributed by atoms with E-state index in [0.29, 0.717) is 6.42 Å². The molecule has 4 bridgehead atoms. The molecule has 31 heavy (non-hydrogen) atoms. The van der Waals surface area contributed by atoms with Crippen molar-refractivity contribution >= 4 is 28.9 Å². The first kappa shape index (κ1) is 20.3. The van der Waals surface area contributed by atoms with Gasteiger partial charge in [0.05, 0.1) is 0 Å². The molecule has 1 amide bonds. The average Bonchev–Trinajstić information content (AvgIpc) is 2.68. The Morgan fingerprint density at radius 1 is 0.968 bits per heavy atom. The number of carbonyl (C=O) groups excluding carboxylic acids is 1. The van der Waals surface area contributed by atoms with E-state index in [0.717, 1.165) is 53.1 Å². The second-order valence-corrected chi connectivity index (χ2v) is 10.1. The molecular formula is C25H33N5O. The summed E-state index contributed by atoms with van der Waals surface area (Å²) in [6.07, 6.45) is 8.73. The summed E-state index contributed by atoms with van der Waals surface area (Å²) in [5.74, 6) is 5.08. The zero-order chi connectivity index (χ0) is 21.4. The Bertz CT molecular complexity index is 920. The van der Waals surface area contributed by atoms with Gasteiger partial charge in [0.2, 0.25) is 5.91 Å². The van der Waals surface area contributed by atoms with Crippen molar-refractivity contribution in [3.8, 4) is 0 Å². The number of aryl methyl sites for hydroxylation is 1. The molecule has 0 aliphatic heterocycles. The lowest BCUT2D eigenvalue weighted by molar-refractivity contribution is -0.124. The van der Waals surface area contributed by atoms with Gasteiger partial charge in [0.15, 0.2) is 0 Å². The largest absolute Gasteiger partial charge is 0.370 e. The van der Waals surface area contributed by atoms with Gasteiger partial charge in [0, 0.05) is 30.4 Å². The molecule has 164 valence electrons. The first-order chi connectivity index (χ1) is 15.0. The maximum absolute atomic E-state index is 12.9. The average molecular weight is 420 g/mol. The number of hydrogen-bond acceptors (Lipinski definition) is 5. The molecule has 2 aromatic rings. The molecule has 0 spiro atoms. The predicted molar refractivity (Wildman–Crippen MR) is 125 cm³/mol. The van der Waals surface area contributed by atoms with E-state index in [1.54, 1.807) is 0 Å². The molecule has 6 nitrogen and oxygen atoms in total. The molecule has 1 heterocycles. The third-order valence-electron chi connectivity index (χ3n) is 7.34. The van der Waals surface area contributed by atoms with E-state index >= 15 is 0 Å². The minimum absolute atomic E-state index is 0.171. The third-order valence-corrected chi connectivity index (χ3v) is 7.34. The minimum atomic E-state index is 0.171. The first-order valence-corrected chi connectivity index (χ1v) is 11.7. The zero-order valence-electron chi connectivity index (χ0n) is 18.6. The molecule has 6 rings (SSSR count). The Morgan fingerprint density at radius 3 is 2.16 bits per heavy atom. The second kappa shape index (κ2) is 8.13. The second-order valence-electron chi connectivity index (χ2n) is 10.1. The van der Waals surface area contributed by atoms with Crippen LogP contribution in [0.5, 0.6) is 0 Å². The van der Waals surface area contributed by atoms with Gasteiger partial charge >= 0.3 is 0 Å². The molecular weight excluding hydrogens is 386 g/mol. The number of rotatable bonds is 7. The summed E-state index contributed by atoms with van der Waals surface area (Å²) >= 11 is 0. The van der Waals surface area contributed by atoms with Gasteiger partial charge < -0.3 is 16.0 Å². The third kappa shape index (κ3) is 4.53. The summed E-state index contributed by atoms with van der Waals surface area (Å²) < 4.78 is 0. The molecule has 6 heteroatoms. The molecule has 1 aromatic heterocycles. The smallest absolute Gasteiger partial charge is 0.224 e. The predicted octanol–water partition coefficient (Wildman–Crippen LogP) is 5.51. The fraction of sp³-hybridized carbons (Fsp3) is 0.560. The highest BCUT2D eigenvalue weighted by atomic mass is 16.1. The molecule has 0 unspecified atom stereocenters. The van der Waals surface area contributed by atoms with Crippen LogP contribution in [0.1, 0.15) is 57.7 Å². The van der Waals surface area contributed by atoms with Gasteiger partial charge in [-0.25, -0.2) is 9.97 Å². The quantitative estimate of drug-likeness (QED) is 0.552. The Kier molecular flexibility index (Phi) is 5.32. The van der Waals surface area contributed by atoms with Gasteiger partial charge in [0.1, 0.15) is 17.5 Å². The highest BCUT2D eigenvalue weighted by Crippen LogP contribution is 2.61. The van der Waals surface area contributed by atoms with E-state index in [2.05, 4.69) is 25.9 Å². The van der Waals surface area contributed by atoms with Gasteiger partial charge in [0.25, 0.3) is 0 Å². The van der Waals surface area contributed by atoms with E-state index < -0.39 is 0 Å². The van der Waals surface area contributed by atoms with Gasteiger partial charge in [-0.2, -0.15) is 0 Å². The number of amides is 1. The van der Waals surface area contributed by atoms with Crippen LogP contribution >= 0.6 is 0 Å². The number of carbonyl (C=O) groups is 1. The van der Waals surface area contributed by atoms with Crippen molar-refractivity contribution < 1.29 is 4.79 Å². The Balaban J connectivity index is 1.19. The normalized spacial score (nSPS) is 28.4. The van der Waals surface area contributed by atoms with Crippen LogP contribution < -0.4 is 16.0 Å². The summed E-state index contributed by atoms with van der Waals surface area (Å²) in [6.45, 7) is 4.74. The monoisotopic (exact) mass is 419 g/mol. The molecule has 0 atom stereocenters. The number of hydrogen-bond donors (Lipinski definition) is 3. The van der Waals surface area contributed by atoms with Crippen LogP contribution in [0.3, 0.4) is 0 Å². The summed E-state index contributed by atoms with van der Waals surface area (Å²) in [7, 11) is 0. The Morgan fingerprint density at radius 2 is 1.55 bits per heavy atom. The van der Waals surface area contributed by atoms with Gasteiger partial charge in [-0.15, -0.1) is 0 Å². The van der Waals surface area contributed by atoms with Crippen LogP contribution in [-0.2, 0) is 4.79 Å². The van der Waals surface area contributed by atoms with E-state index in [9.17, 15) is 4.79 Å². The summed E-state index contributed by atoms with van der Waals surface area (Å²) in [5, 5.41) is 9.68. The van der Waals surface area contributed by atoms with Crippen LogP contribution in [0.4, 0.5) is 23.0 Å². The Hall–Kier alpha value is -2.63. The first-order valence-electron chi connectivity index (χ1n) is 11.7. The van der Waals surface area contributed by atoms with E-state index in [4.69, 9.17) is 0 Å². The molecule has 4 aliphatic carbocycles. The van der Waals surface area contributed by atoms with Crippen molar-refractivity contribution in [2.75, 3.05) is 22.5 Å². The van der Waals surface area contributed by atoms with Crippen molar-refractivity contribution in [1.82, 2.24) is 9.97 Å². The summed E-state index contributed by atoms with van der Waals surface area (Å²) in [6, 6.07) is 9.77. The summed E-state index contributed by atoms with van der Waals surface area (Å²) in [5.41, 5.74) is 2.06. The summed E-state index contributed by atoms with van der Waals surface area (Å²) in [4.78, 5) is 21.7. The molecule has 4 fully saturated rings. The highest BCUT2D eigenvalue weighted by Gasteiger charge is 2.51. The van der Waals surface area contributed by atoms with E-state index in [-0.39, 0.29) is 11.3 Å². The molecule has 4 saturated carbocycles. The van der Waals surface area contributed by atoms with Crippen molar-refractivity contribution in [2.45, 2.75) is 58.8 Å². The van der Waals surface area contributed by atoms with Crippen molar-refractivity contribution in [2.24, 2.45) is 23.2 Å². The van der Waals surface area contributed by atoms with Crippen molar-refractivity contribution in [3.05, 3.63) is 36.2 Å². The van der Waals surface area contributed by atoms with Crippen molar-refractivity contribution in [3.63, 3.8) is 0 Å². The van der Waals surface area contributed by atoms with Crippen LogP contribution in [-0.4, -0.2) is 22.4 Å². The van der Waals surface area contributed by atoms with Crippen LogP contribution in [0, 0.1) is 30.1 Å². The maximum Gasteiger partial charge on any atom is 0.224 e. The van der Waals surface area contributed by atoms with Crippen LogP contribution in [0.15, 0.2) is 30.3 Å². The molecule has 0 saturated heterocycles. The molecule has 1 aromatic carbocycles. The Labute approximate surface area is 184 Å². The number of nitrogens with zero attached hydrogens (tertiary/aromatic N) is 2. The molecule has 0 radical (unpaired) electrons. The lowest BCUT2D eigenvalue weighted by atomic mass is 9.49. The molecule has 3 N–H and O–H groups in total. The van der Waals surface area contributed by atoms with E-state index in [1.165, 1.54) is 38.5 Å². The van der Waals surface area contributed by atoms with Crippen LogP contribution in [0.25, 0.3) is 0 Å². The van der Waals surface area contributed by atoms with Crippen LogP contribution in [0.2, 0.25) is 0 Å². The van der Waals surface area contributed by atoms with Gasteiger partial charge in [-0.05, 0) is 99.8 Å². The fourth-order valence-electron chi connectivity index (χ4n) is 6.74. The lowest BCUT2D eigenvalue weighted by Gasteiger charge is -2.56. The van der Waals surface area contributed by atoms with Gasteiger partial charge in [-0.3, -0.25) is 4.79 Å². The fourth-order valence-corrected chi connectivity index (χ4v) is 6.74. The number of anilines is 4. The van der Waals surface area contributed by atoms with Gasteiger partial charge in [-0.1, -0.05) is 0 Å². The zero-order valence-corrected chi connectivity index (χ0v) is 18.6. The topological polar surface area (TPSA) is 78.9 Å². The SMILES string of the molecule is CCNc1cc(Nc2ccc(NC(=O)CC34CC5CC(CC(C5)C3)C4)cc2)nc(C)n1.